The van der Waals surface area contributed by atoms with Gasteiger partial charge in [-0.15, -0.1) is 0 Å². The van der Waals surface area contributed by atoms with E-state index in [0.717, 1.165) is 31.6 Å². The van der Waals surface area contributed by atoms with E-state index in [4.69, 9.17) is 31.5 Å². The summed E-state index contributed by atoms with van der Waals surface area (Å²) >= 11 is 5.96. The summed E-state index contributed by atoms with van der Waals surface area (Å²) in [5.74, 6) is -0.906. The molecule has 3 heterocycles. The van der Waals surface area contributed by atoms with Gasteiger partial charge in [0.15, 0.2) is 17.3 Å². The average molecular weight is 436 g/mol. The Hall–Kier alpha value is -2.04. The van der Waals surface area contributed by atoms with Gasteiger partial charge in [-0.2, -0.15) is 0 Å². The summed E-state index contributed by atoms with van der Waals surface area (Å²) in [5, 5.41) is 3.30. The van der Waals surface area contributed by atoms with E-state index in [1.807, 2.05) is 19.1 Å². The monoisotopic (exact) mass is 435 g/mol. The summed E-state index contributed by atoms with van der Waals surface area (Å²) in [6.07, 6.45) is 8.84. The van der Waals surface area contributed by atoms with Crippen LogP contribution in [-0.2, 0) is 14.2 Å². The van der Waals surface area contributed by atoms with Crippen molar-refractivity contribution in [1.29, 1.82) is 0 Å². The minimum absolute atomic E-state index is 0.0285. The van der Waals surface area contributed by atoms with Crippen molar-refractivity contribution in [1.82, 2.24) is 14.9 Å². The number of likely N-dealkylation sites (tertiary alicyclic amines) is 1. The van der Waals surface area contributed by atoms with Crippen molar-refractivity contribution in [3.63, 3.8) is 0 Å². The number of ether oxygens (including phenoxy) is 3. The Bertz CT molecular complexity index is 876. The van der Waals surface area contributed by atoms with Crippen LogP contribution in [0.25, 0.3) is 0 Å². The summed E-state index contributed by atoms with van der Waals surface area (Å²) in [4.78, 5) is 22.2. The van der Waals surface area contributed by atoms with Crippen LogP contribution < -0.4 is 11.1 Å². The van der Waals surface area contributed by atoms with Crippen LogP contribution in [0.4, 0.5) is 5.82 Å². The molecule has 162 valence electrons. The zero-order chi connectivity index (χ0) is 21.4. The van der Waals surface area contributed by atoms with E-state index in [0.29, 0.717) is 13.2 Å². The van der Waals surface area contributed by atoms with Crippen LogP contribution >= 0.6 is 11.6 Å². The molecular formula is C20H26ClN5O4. The molecule has 3 N–H and O–H groups in total. The fourth-order valence-corrected chi connectivity index (χ4v) is 4.32. The second-order valence-corrected chi connectivity index (χ2v) is 8.20. The standard InChI is InChI=1S/C20H26ClN5O4/c1-19(28-2)4-3-13(24-18-16(17(22)27)23-12-15(21)25-18)11-14(19)26-7-5-20(6-8-26)29-9-10-30-20/h3-4,11-12,14H,5-10H2,1-2H3,(H2,22,27)(H,24,25)/t14?,19-/m1/s1. The van der Waals surface area contributed by atoms with E-state index in [2.05, 4.69) is 26.3 Å². The van der Waals surface area contributed by atoms with Gasteiger partial charge in [-0.25, -0.2) is 9.97 Å². The minimum Gasteiger partial charge on any atom is -0.372 e. The lowest BCUT2D eigenvalue weighted by molar-refractivity contribution is -0.190. The number of methoxy groups -OCH3 is 1. The van der Waals surface area contributed by atoms with Gasteiger partial charge < -0.3 is 25.3 Å². The van der Waals surface area contributed by atoms with Gasteiger partial charge in [-0.3, -0.25) is 9.69 Å². The number of hydrogen-bond acceptors (Lipinski definition) is 8. The zero-order valence-corrected chi connectivity index (χ0v) is 17.8. The summed E-state index contributed by atoms with van der Waals surface area (Å²) < 4.78 is 17.6. The average Bonchev–Trinajstić information content (AvgIpc) is 3.18. The van der Waals surface area contributed by atoms with Crippen LogP contribution in [0.2, 0.25) is 5.15 Å². The van der Waals surface area contributed by atoms with Gasteiger partial charge in [0.25, 0.3) is 5.91 Å². The quantitative estimate of drug-likeness (QED) is 0.718. The maximum Gasteiger partial charge on any atom is 0.271 e. The molecule has 1 aromatic rings. The maximum atomic E-state index is 11.7. The number of aromatic nitrogens is 2. The lowest BCUT2D eigenvalue weighted by Crippen LogP contribution is -2.56. The van der Waals surface area contributed by atoms with Gasteiger partial charge in [-0.1, -0.05) is 11.6 Å². The van der Waals surface area contributed by atoms with Crippen molar-refractivity contribution in [3.05, 3.63) is 41.0 Å². The van der Waals surface area contributed by atoms with Crippen molar-refractivity contribution >= 4 is 23.3 Å². The molecule has 2 saturated heterocycles. The SMILES string of the molecule is CO[C@]1(C)C=CC(Nc2nc(Cl)cnc2C(N)=O)=CC1N1CCC2(CC1)OCCO2. The van der Waals surface area contributed by atoms with Crippen LogP contribution in [0.5, 0.6) is 0 Å². The summed E-state index contributed by atoms with van der Waals surface area (Å²) in [5.41, 5.74) is 5.69. The molecule has 2 aliphatic heterocycles. The number of amides is 1. The number of nitrogens with two attached hydrogens (primary N) is 1. The van der Waals surface area contributed by atoms with Crippen molar-refractivity contribution in [2.45, 2.75) is 37.2 Å². The maximum absolute atomic E-state index is 11.7. The van der Waals surface area contributed by atoms with Gasteiger partial charge in [0, 0.05) is 38.7 Å². The molecule has 9 nitrogen and oxygen atoms in total. The number of halogens is 1. The molecule has 1 spiro atoms. The minimum atomic E-state index is -0.682. The molecule has 0 aromatic carbocycles. The van der Waals surface area contributed by atoms with E-state index in [1.54, 1.807) is 7.11 Å². The summed E-state index contributed by atoms with van der Waals surface area (Å²) in [6, 6.07) is -0.0436. The van der Waals surface area contributed by atoms with Crippen molar-refractivity contribution in [2.24, 2.45) is 5.73 Å². The van der Waals surface area contributed by atoms with Gasteiger partial charge in [0.05, 0.1) is 25.5 Å². The first-order chi connectivity index (χ1) is 14.3. The predicted octanol–water partition coefficient (Wildman–Crippen LogP) is 1.71. The third-order valence-corrected chi connectivity index (χ3v) is 6.15. The molecule has 2 atom stereocenters. The van der Waals surface area contributed by atoms with Crippen LogP contribution in [0.15, 0.2) is 30.1 Å². The molecule has 4 rings (SSSR count). The third-order valence-electron chi connectivity index (χ3n) is 5.96. The molecule has 0 bridgehead atoms. The Balaban J connectivity index is 1.56. The van der Waals surface area contributed by atoms with Gasteiger partial charge in [0.2, 0.25) is 0 Å². The number of carbonyl (C=O) groups is 1. The van der Waals surface area contributed by atoms with E-state index in [1.165, 1.54) is 6.20 Å². The highest BCUT2D eigenvalue weighted by atomic mass is 35.5. The largest absolute Gasteiger partial charge is 0.372 e. The molecule has 3 aliphatic rings. The van der Waals surface area contributed by atoms with Crippen molar-refractivity contribution in [3.8, 4) is 0 Å². The highest BCUT2D eigenvalue weighted by Gasteiger charge is 2.44. The first-order valence-corrected chi connectivity index (χ1v) is 10.3. The Morgan fingerprint density at radius 2 is 2.07 bits per heavy atom. The molecule has 10 heteroatoms. The predicted molar refractivity (Wildman–Crippen MR) is 111 cm³/mol. The molecular weight excluding hydrogens is 410 g/mol. The van der Waals surface area contributed by atoms with Crippen LogP contribution in [0, 0.1) is 0 Å². The molecule has 0 radical (unpaired) electrons. The van der Waals surface area contributed by atoms with E-state index < -0.39 is 17.3 Å². The number of carbonyl (C=O) groups excluding carboxylic acids is 1. The number of hydrogen-bond donors (Lipinski definition) is 2. The Labute approximate surface area is 180 Å². The molecule has 2 fully saturated rings. The highest BCUT2D eigenvalue weighted by molar-refractivity contribution is 6.29. The Morgan fingerprint density at radius 3 is 2.70 bits per heavy atom. The second kappa shape index (κ2) is 8.24. The van der Waals surface area contributed by atoms with Crippen LogP contribution in [0.1, 0.15) is 30.3 Å². The van der Waals surface area contributed by atoms with Crippen LogP contribution in [0.3, 0.4) is 0 Å². The molecule has 1 amide bonds. The first kappa shape index (κ1) is 21.2. The molecule has 0 saturated carbocycles. The molecule has 1 aliphatic carbocycles. The Morgan fingerprint density at radius 1 is 1.37 bits per heavy atom. The van der Waals surface area contributed by atoms with Gasteiger partial charge in [-0.05, 0) is 25.2 Å². The van der Waals surface area contributed by atoms with Crippen molar-refractivity contribution < 1.29 is 19.0 Å². The highest BCUT2D eigenvalue weighted by Crippen LogP contribution is 2.36. The number of nitrogens with one attached hydrogen (secondary N) is 1. The second-order valence-electron chi connectivity index (χ2n) is 7.81. The number of allylic oxidation sites excluding steroid dienone is 1. The van der Waals surface area contributed by atoms with Gasteiger partial charge in [0.1, 0.15) is 10.8 Å². The molecule has 30 heavy (non-hydrogen) atoms. The van der Waals surface area contributed by atoms with E-state index >= 15 is 0 Å². The van der Waals surface area contributed by atoms with Crippen LogP contribution in [-0.4, -0.2) is 71.6 Å². The number of nitrogens with zero attached hydrogens (tertiary/aromatic N) is 3. The normalized spacial score (nSPS) is 28.5. The lowest BCUT2D eigenvalue weighted by atomic mass is 9.87. The molecule has 1 aromatic heterocycles. The number of primary amides is 1. The smallest absolute Gasteiger partial charge is 0.271 e. The fraction of sp³-hybridized carbons (Fsp3) is 0.550. The summed E-state index contributed by atoms with van der Waals surface area (Å²) in [7, 11) is 1.70. The number of piperidine rings is 1. The van der Waals surface area contributed by atoms with Crippen molar-refractivity contribution in [2.75, 3.05) is 38.7 Å². The third kappa shape index (κ3) is 4.08. The fourth-order valence-electron chi connectivity index (χ4n) is 4.19. The van der Waals surface area contributed by atoms with E-state index in [9.17, 15) is 4.79 Å². The topological polar surface area (TPSA) is 112 Å². The van der Waals surface area contributed by atoms with Gasteiger partial charge >= 0.3 is 0 Å². The number of anilines is 1. The van der Waals surface area contributed by atoms with E-state index in [-0.39, 0.29) is 22.7 Å². The Kier molecular flexibility index (Phi) is 5.82. The lowest BCUT2D eigenvalue weighted by Gasteiger charge is -2.46. The first-order valence-electron chi connectivity index (χ1n) is 9.92. The molecule has 1 unspecified atom stereocenters. The summed E-state index contributed by atoms with van der Waals surface area (Å²) in [6.45, 7) is 4.97. The zero-order valence-electron chi connectivity index (χ0n) is 17.1. The number of rotatable bonds is 5.